The molecule has 3 N–H and O–H groups in total. The van der Waals surface area contributed by atoms with Gasteiger partial charge in [-0.05, 0) is 25.5 Å². The average molecular weight is 326 g/mol. The molecule has 0 aliphatic heterocycles. The van der Waals surface area contributed by atoms with E-state index in [9.17, 15) is 0 Å². The molecule has 7 nitrogen and oxygen atoms in total. The SMILES string of the molecule is CCCn1cnc2c(Nc3ccc(C)cc3)nc(NCCO)nc21. The second kappa shape index (κ2) is 7.27. The van der Waals surface area contributed by atoms with E-state index >= 15 is 0 Å². The van der Waals surface area contributed by atoms with E-state index < -0.39 is 0 Å². The Hall–Kier alpha value is -2.67. The van der Waals surface area contributed by atoms with Gasteiger partial charge in [-0.3, -0.25) is 0 Å². The molecule has 126 valence electrons. The first kappa shape index (κ1) is 16.2. The Balaban J connectivity index is 2.01. The summed E-state index contributed by atoms with van der Waals surface area (Å²) in [6.45, 7) is 5.43. The molecule has 2 heterocycles. The lowest BCUT2D eigenvalue weighted by atomic mass is 10.2. The van der Waals surface area contributed by atoms with Crippen LogP contribution in [-0.2, 0) is 6.54 Å². The number of hydrogen-bond acceptors (Lipinski definition) is 6. The first-order valence-electron chi connectivity index (χ1n) is 8.12. The molecule has 0 saturated heterocycles. The normalized spacial score (nSPS) is 11.0. The monoisotopic (exact) mass is 326 g/mol. The maximum atomic E-state index is 9.02. The Bertz CT molecular complexity index is 812. The number of nitrogens with zero attached hydrogens (tertiary/aromatic N) is 4. The first-order valence-corrected chi connectivity index (χ1v) is 8.12. The van der Waals surface area contributed by atoms with Crippen LogP contribution >= 0.6 is 0 Å². The van der Waals surface area contributed by atoms with Gasteiger partial charge in [0.15, 0.2) is 17.0 Å². The Morgan fingerprint density at radius 3 is 2.67 bits per heavy atom. The highest BCUT2D eigenvalue weighted by atomic mass is 16.3. The molecule has 0 atom stereocenters. The number of hydrogen-bond donors (Lipinski definition) is 3. The van der Waals surface area contributed by atoms with Gasteiger partial charge in [0.2, 0.25) is 5.95 Å². The van der Waals surface area contributed by atoms with Crippen LogP contribution < -0.4 is 10.6 Å². The minimum absolute atomic E-state index is 0.0241. The summed E-state index contributed by atoms with van der Waals surface area (Å²) < 4.78 is 2.02. The molecule has 24 heavy (non-hydrogen) atoms. The number of imidazole rings is 1. The van der Waals surface area contributed by atoms with Crippen LogP contribution in [0, 0.1) is 6.92 Å². The van der Waals surface area contributed by atoms with E-state index in [-0.39, 0.29) is 6.61 Å². The van der Waals surface area contributed by atoms with Gasteiger partial charge in [0.25, 0.3) is 0 Å². The topological polar surface area (TPSA) is 87.9 Å². The molecule has 3 rings (SSSR count). The molecular formula is C17H22N6O. The molecule has 1 aromatic carbocycles. The molecular weight excluding hydrogens is 304 g/mol. The third kappa shape index (κ3) is 3.46. The number of fused-ring (bicyclic) bond motifs is 1. The summed E-state index contributed by atoms with van der Waals surface area (Å²) in [4.78, 5) is 13.5. The van der Waals surface area contributed by atoms with E-state index in [0.717, 1.165) is 29.8 Å². The van der Waals surface area contributed by atoms with Gasteiger partial charge in [-0.1, -0.05) is 24.6 Å². The summed E-state index contributed by atoms with van der Waals surface area (Å²) in [6, 6.07) is 8.10. The molecule has 0 unspecified atom stereocenters. The molecule has 7 heteroatoms. The van der Waals surface area contributed by atoms with Crippen LogP contribution in [-0.4, -0.2) is 37.8 Å². The number of aromatic nitrogens is 4. The maximum Gasteiger partial charge on any atom is 0.226 e. The van der Waals surface area contributed by atoms with Gasteiger partial charge in [-0.25, -0.2) is 4.98 Å². The van der Waals surface area contributed by atoms with Crippen molar-refractivity contribution in [1.29, 1.82) is 0 Å². The van der Waals surface area contributed by atoms with Gasteiger partial charge in [0.05, 0.1) is 12.9 Å². The molecule has 0 radical (unpaired) electrons. The van der Waals surface area contributed by atoms with Crippen molar-refractivity contribution in [2.45, 2.75) is 26.8 Å². The molecule has 0 saturated carbocycles. The summed E-state index contributed by atoms with van der Waals surface area (Å²) in [5.41, 5.74) is 3.66. The zero-order chi connectivity index (χ0) is 16.9. The fourth-order valence-corrected chi connectivity index (χ4v) is 2.46. The van der Waals surface area contributed by atoms with Crippen LogP contribution in [0.15, 0.2) is 30.6 Å². The average Bonchev–Trinajstić information content (AvgIpc) is 2.99. The van der Waals surface area contributed by atoms with E-state index in [1.54, 1.807) is 6.33 Å². The molecule has 0 spiro atoms. The van der Waals surface area contributed by atoms with Crippen LogP contribution in [0.3, 0.4) is 0 Å². The number of aliphatic hydroxyl groups is 1. The second-order valence-electron chi connectivity index (χ2n) is 5.65. The summed E-state index contributed by atoms with van der Waals surface area (Å²) in [6.07, 6.45) is 2.79. The van der Waals surface area contributed by atoms with Crippen molar-refractivity contribution < 1.29 is 5.11 Å². The predicted molar refractivity (Wildman–Crippen MR) is 95.7 cm³/mol. The Kier molecular flexibility index (Phi) is 4.90. The largest absolute Gasteiger partial charge is 0.395 e. The van der Waals surface area contributed by atoms with Crippen LogP contribution in [0.1, 0.15) is 18.9 Å². The van der Waals surface area contributed by atoms with Crippen molar-refractivity contribution >= 4 is 28.6 Å². The fraction of sp³-hybridized carbons (Fsp3) is 0.353. The molecule has 3 aromatic rings. The van der Waals surface area contributed by atoms with Crippen LogP contribution in [0.2, 0.25) is 0 Å². The summed E-state index contributed by atoms with van der Waals surface area (Å²) in [5, 5.41) is 15.4. The highest BCUT2D eigenvalue weighted by Crippen LogP contribution is 2.24. The third-order valence-electron chi connectivity index (χ3n) is 3.64. The second-order valence-corrected chi connectivity index (χ2v) is 5.65. The van der Waals surface area contributed by atoms with Crippen molar-refractivity contribution in [2.75, 3.05) is 23.8 Å². The van der Waals surface area contributed by atoms with Gasteiger partial charge < -0.3 is 20.3 Å². The van der Waals surface area contributed by atoms with E-state index in [1.165, 1.54) is 5.56 Å². The smallest absolute Gasteiger partial charge is 0.226 e. The van der Waals surface area contributed by atoms with Gasteiger partial charge in [0, 0.05) is 18.8 Å². The Labute approximate surface area is 140 Å². The lowest BCUT2D eigenvalue weighted by Crippen LogP contribution is -2.10. The van der Waals surface area contributed by atoms with E-state index in [4.69, 9.17) is 5.11 Å². The van der Waals surface area contributed by atoms with Gasteiger partial charge in [0.1, 0.15) is 0 Å². The highest BCUT2D eigenvalue weighted by molar-refractivity contribution is 5.86. The quantitative estimate of drug-likeness (QED) is 0.619. The predicted octanol–water partition coefficient (Wildman–Crippen LogP) is 2.69. The van der Waals surface area contributed by atoms with Crippen molar-refractivity contribution in [3.63, 3.8) is 0 Å². The van der Waals surface area contributed by atoms with Crippen LogP contribution in [0.4, 0.5) is 17.5 Å². The number of aliphatic hydroxyl groups excluding tert-OH is 1. The molecule has 0 bridgehead atoms. The van der Waals surface area contributed by atoms with Crippen LogP contribution in [0.5, 0.6) is 0 Å². The fourth-order valence-electron chi connectivity index (χ4n) is 2.46. The van der Waals surface area contributed by atoms with Crippen molar-refractivity contribution in [2.24, 2.45) is 0 Å². The van der Waals surface area contributed by atoms with E-state index in [0.29, 0.717) is 18.3 Å². The summed E-state index contributed by atoms with van der Waals surface area (Å²) in [5.74, 6) is 1.13. The summed E-state index contributed by atoms with van der Waals surface area (Å²) >= 11 is 0. The van der Waals surface area contributed by atoms with Crippen molar-refractivity contribution in [3.05, 3.63) is 36.2 Å². The standard InChI is InChI=1S/C17H22N6O/c1-3-9-23-11-19-14-15(20-13-6-4-12(2)5-7-13)21-17(18-8-10-24)22-16(14)23/h4-7,11,24H,3,8-10H2,1-2H3,(H2,18,20,21,22). The minimum Gasteiger partial charge on any atom is -0.395 e. The lowest BCUT2D eigenvalue weighted by Gasteiger charge is -2.10. The number of rotatable bonds is 7. The van der Waals surface area contributed by atoms with E-state index in [2.05, 4.69) is 39.4 Å². The molecule has 0 amide bonds. The Morgan fingerprint density at radius 1 is 1.17 bits per heavy atom. The zero-order valence-electron chi connectivity index (χ0n) is 14.0. The van der Waals surface area contributed by atoms with Gasteiger partial charge in [-0.2, -0.15) is 9.97 Å². The third-order valence-corrected chi connectivity index (χ3v) is 3.64. The molecule has 0 aliphatic rings. The number of anilines is 3. The lowest BCUT2D eigenvalue weighted by molar-refractivity contribution is 0.311. The van der Waals surface area contributed by atoms with Crippen LogP contribution in [0.25, 0.3) is 11.2 Å². The van der Waals surface area contributed by atoms with Gasteiger partial charge >= 0.3 is 0 Å². The molecule has 0 aliphatic carbocycles. The van der Waals surface area contributed by atoms with Crippen molar-refractivity contribution in [1.82, 2.24) is 19.5 Å². The number of nitrogens with one attached hydrogen (secondary N) is 2. The van der Waals surface area contributed by atoms with E-state index in [1.807, 2.05) is 28.8 Å². The minimum atomic E-state index is 0.0241. The Morgan fingerprint density at radius 2 is 1.96 bits per heavy atom. The number of aryl methyl sites for hydroxylation is 2. The summed E-state index contributed by atoms with van der Waals surface area (Å²) in [7, 11) is 0. The highest BCUT2D eigenvalue weighted by Gasteiger charge is 2.13. The zero-order valence-corrected chi connectivity index (χ0v) is 14.0. The number of benzene rings is 1. The molecule has 0 fully saturated rings. The first-order chi connectivity index (χ1) is 11.7. The molecule has 2 aromatic heterocycles. The maximum absolute atomic E-state index is 9.02. The van der Waals surface area contributed by atoms with Gasteiger partial charge in [-0.15, -0.1) is 0 Å². The van der Waals surface area contributed by atoms with Crippen molar-refractivity contribution in [3.8, 4) is 0 Å².